The van der Waals surface area contributed by atoms with Crippen molar-refractivity contribution < 1.29 is 4.79 Å². The van der Waals surface area contributed by atoms with Gasteiger partial charge in [-0.3, -0.25) is 9.69 Å². The van der Waals surface area contributed by atoms with E-state index in [9.17, 15) is 4.79 Å². The molecule has 2 fully saturated rings. The summed E-state index contributed by atoms with van der Waals surface area (Å²) in [6.07, 6.45) is 6.01. The second-order valence-corrected chi connectivity index (χ2v) is 8.32. The van der Waals surface area contributed by atoms with Crippen LogP contribution in [0.25, 0.3) is 0 Å². The number of likely N-dealkylation sites (tertiary alicyclic amines) is 2. The molecule has 3 aliphatic heterocycles. The number of fused-ring (bicyclic) bond motifs is 1. The Bertz CT molecular complexity index is 572. The lowest BCUT2D eigenvalue weighted by Gasteiger charge is -2.35. The van der Waals surface area contributed by atoms with Crippen LogP contribution < -0.4 is 0 Å². The first kappa shape index (κ1) is 15.6. The van der Waals surface area contributed by atoms with Crippen molar-refractivity contribution in [3.63, 3.8) is 0 Å². The van der Waals surface area contributed by atoms with Crippen LogP contribution in [0.4, 0.5) is 0 Å². The van der Waals surface area contributed by atoms with Gasteiger partial charge < -0.3 is 9.80 Å². The van der Waals surface area contributed by atoms with Crippen molar-refractivity contribution in [1.29, 1.82) is 0 Å². The Hall–Kier alpha value is -0.910. The quantitative estimate of drug-likeness (QED) is 0.848. The summed E-state index contributed by atoms with van der Waals surface area (Å²) in [5.74, 6) is 0.353. The molecule has 5 heteroatoms. The molecule has 1 aromatic heterocycles. The van der Waals surface area contributed by atoms with E-state index in [1.807, 2.05) is 11.3 Å². The van der Waals surface area contributed by atoms with Gasteiger partial charge in [-0.05, 0) is 62.7 Å². The van der Waals surface area contributed by atoms with Gasteiger partial charge in [0.05, 0.1) is 6.54 Å². The van der Waals surface area contributed by atoms with E-state index in [0.29, 0.717) is 24.5 Å². The summed E-state index contributed by atoms with van der Waals surface area (Å²) in [5, 5.41) is 2.18. The molecule has 3 aliphatic rings. The molecule has 0 aliphatic carbocycles. The minimum atomic E-state index is 0.353. The Morgan fingerprint density at radius 3 is 2.87 bits per heavy atom. The van der Waals surface area contributed by atoms with Gasteiger partial charge in [-0.2, -0.15) is 0 Å². The van der Waals surface area contributed by atoms with Gasteiger partial charge in [0.15, 0.2) is 0 Å². The smallest absolute Gasteiger partial charge is 0.237 e. The van der Waals surface area contributed by atoms with E-state index in [1.54, 1.807) is 0 Å². The summed E-state index contributed by atoms with van der Waals surface area (Å²) in [6.45, 7) is 4.73. The van der Waals surface area contributed by atoms with Gasteiger partial charge in [0.2, 0.25) is 5.91 Å². The first-order chi connectivity index (χ1) is 11.2. The zero-order valence-corrected chi connectivity index (χ0v) is 14.9. The lowest BCUT2D eigenvalue weighted by atomic mass is 10.0. The number of carbonyl (C=O) groups excluding carboxylic acids is 1. The molecule has 0 bridgehead atoms. The number of thiophene rings is 1. The van der Waals surface area contributed by atoms with Gasteiger partial charge in [-0.25, -0.2) is 0 Å². The molecule has 2 saturated heterocycles. The van der Waals surface area contributed by atoms with E-state index in [0.717, 1.165) is 26.1 Å². The van der Waals surface area contributed by atoms with Gasteiger partial charge in [-0.15, -0.1) is 11.3 Å². The van der Waals surface area contributed by atoms with Crippen LogP contribution in [0.2, 0.25) is 0 Å². The van der Waals surface area contributed by atoms with E-state index in [-0.39, 0.29) is 0 Å². The number of hydrogen-bond acceptors (Lipinski definition) is 4. The monoisotopic (exact) mass is 333 g/mol. The predicted molar refractivity (Wildman–Crippen MR) is 93.7 cm³/mol. The lowest BCUT2D eigenvalue weighted by molar-refractivity contribution is -0.134. The molecule has 1 amide bonds. The van der Waals surface area contributed by atoms with Crippen molar-refractivity contribution in [3.8, 4) is 0 Å². The maximum absolute atomic E-state index is 12.9. The predicted octanol–water partition coefficient (Wildman–Crippen LogP) is 2.19. The first-order valence-corrected chi connectivity index (χ1v) is 9.87. The molecular weight excluding hydrogens is 306 g/mol. The highest BCUT2D eigenvalue weighted by molar-refractivity contribution is 7.10. The molecule has 1 aromatic rings. The molecule has 0 aromatic carbocycles. The van der Waals surface area contributed by atoms with E-state index in [2.05, 4.69) is 33.2 Å². The summed E-state index contributed by atoms with van der Waals surface area (Å²) in [6, 6.07) is 3.27. The fourth-order valence-corrected chi connectivity index (χ4v) is 5.54. The maximum Gasteiger partial charge on any atom is 0.237 e. The van der Waals surface area contributed by atoms with Crippen LogP contribution in [0, 0.1) is 0 Å². The molecule has 4 heterocycles. The molecule has 0 radical (unpaired) electrons. The zero-order chi connectivity index (χ0) is 15.8. The Labute approximate surface area is 143 Å². The third kappa shape index (κ3) is 3.06. The standard InChI is InChI=1S/C18H27N3OS/c1-19-8-2-4-15(19)16-5-3-9-21(16)18(22)13-20-10-6-17-14(12-20)7-11-23-17/h7,11,15-16H,2-6,8-10,12-13H2,1H3/t15-,16+/m1/s1. The SMILES string of the molecule is CN1CCC[C@@H]1[C@@H]1CCCN1C(=O)CN1CCc2sccc2C1. The fourth-order valence-electron chi connectivity index (χ4n) is 4.65. The average molecular weight is 334 g/mol. The highest BCUT2D eigenvalue weighted by Gasteiger charge is 2.38. The normalized spacial score (nSPS) is 29.2. The van der Waals surface area contributed by atoms with Crippen LogP contribution in [-0.2, 0) is 17.8 Å². The highest BCUT2D eigenvalue weighted by atomic mass is 32.1. The van der Waals surface area contributed by atoms with Gasteiger partial charge in [0.25, 0.3) is 0 Å². The van der Waals surface area contributed by atoms with Crippen molar-refractivity contribution >= 4 is 17.2 Å². The average Bonchev–Trinajstić information content (AvgIpc) is 3.25. The Morgan fingerprint density at radius 1 is 1.22 bits per heavy atom. The number of likely N-dealkylation sites (N-methyl/N-ethyl adjacent to an activating group) is 1. The van der Waals surface area contributed by atoms with Crippen molar-refractivity contribution in [1.82, 2.24) is 14.7 Å². The van der Waals surface area contributed by atoms with Crippen molar-refractivity contribution in [2.45, 2.75) is 50.7 Å². The summed E-state index contributed by atoms with van der Waals surface area (Å²) in [7, 11) is 2.22. The second kappa shape index (κ2) is 6.54. The molecular formula is C18H27N3OS. The molecule has 126 valence electrons. The molecule has 0 N–H and O–H groups in total. The van der Waals surface area contributed by atoms with Gasteiger partial charge in [-0.1, -0.05) is 0 Å². The van der Waals surface area contributed by atoms with Gasteiger partial charge in [0, 0.05) is 36.6 Å². The van der Waals surface area contributed by atoms with Crippen LogP contribution in [0.1, 0.15) is 36.1 Å². The Morgan fingerprint density at radius 2 is 2.04 bits per heavy atom. The molecule has 0 spiro atoms. The fraction of sp³-hybridized carbons (Fsp3) is 0.722. The first-order valence-electron chi connectivity index (χ1n) is 8.99. The van der Waals surface area contributed by atoms with Crippen molar-refractivity contribution in [2.75, 3.05) is 33.2 Å². The minimum Gasteiger partial charge on any atom is -0.337 e. The lowest BCUT2D eigenvalue weighted by Crippen LogP contribution is -2.50. The van der Waals surface area contributed by atoms with Crippen LogP contribution in [0.3, 0.4) is 0 Å². The number of carbonyl (C=O) groups is 1. The van der Waals surface area contributed by atoms with E-state index < -0.39 is 0 Å². The topological polar surface area (TPSA) is 26.8 Å². The molecule has 23 heavy (non-hydrogen) atoms. The summed E-state index contributed by atoms with van der Waals surface area (Å²) in [5.41, 5.74) is 1.43. The summed E-state index contributed by atoms with van der Waals surface area (Å²) in [4.78, 5) is 21.4. The third-order valence-corrected chi connectivity index (χ3v) is 6.91. The second-order valence-electron chi connectivity index (χ2n) is 7.32. The van der Waals surface area contributed by atoms with Crippen LogP contribution >= 0.6 is 11.3 Å². The van der Waals surface area contributed by atoms with Crippen LogP contribution in [0.5, 0.6) is 0 Å². The largest absolute Gasteiger partial charge is 0.337 e. The minimum absolute atomic E-state index is 0.353. The van der Waals surface area contributed by atoms with E-state index in [1.165, 1.54) is 42.7 Å². The zero-order valence-electron chi connectivity index (χ0n) is 14.0. The summed E-state index contributed by atoms with van der Waals surface area (Å²) < 4.78 is 0. The van der Waals surface area contributed by atoms with E-state index in [4.69, 9.17) is 0 Å². The Kier molecular flexibility index (Phi) is 4.43. The number of rotatable bonds is 3. The van der Waals surface area contributed by atoms with Crippen molar-refractivity contribution in [2.24, 2.45) is 0 Å². The molecule has 4 rings (SSSR count). The van der Waals surface area contributed by atoms with E-state index >= 15 is 0 Å². The van der Waals surface area contributed by atoms with Crippen LogP contribution in [-0.4, -0.2) is 65.9 Å². The Balaban J connectivity index is 1.39. The van der Waals surface area contributed by atoms with Crippen molar-refractivity contribution in [3.05, 3.63) is 21.9 Å². The number of nitrogens with zero attached hydrogens (tertiary/aromatic N) is 3. The number of hydrogen-bond donors (Lipinski definition) is 0. The molecule has 0 saturated carbocycles. The van der Waals surface area contributed by atoms with Crippen LogP contribution in [0.15, 0.2) is 11.4 Å². The maximum atomic E-state index is 12.9. The highest BCUT2D eigenvalue weighted by Crippen LogP contribution is 2.30. The molecule has 0 unspecified atom stereocenters. The summed E-state index contributed by atoms with van der Waals surface area (Å²) >= 11 is 1.86. The third-order valence-electron chi connectivity index (χ3n) is 5.89. The molecule has 2 atom stereocenters. The van der Waals surface area contributed by atoms with Gasteiger partial charge in [0.1, 0.15) is 0 Å². The number of amides is 1. The molecule has 4 nitrogen and oxygen atoms in total. The van der Waals surface area contributed by atoms with Gasteiger partial charge >= 0.3 is 0 Å².